The molecule has 0 amide bonds. The highest BCUT2D eigenvalue weighted by atomic mass is 16.5. The van der Waals surface area contributed by atoms with Crippen molar-refractivity contribution < 1.29 is 9.53 Å². The average Bonchev–Trinajstić information content (AvgIpc) is 3.15. The zero-order chi connectivity index (χ0) is 18.1. The number of aromatic amines is 1. The first-order valence-corrected chi connectivity index (χ1v) is 8.18. The Hall–Kier alpha value is -3.60. The number of nitrogens with one attached hydrogen (secondary N) is 1. The quantitative estimate of drug-likeness (QED) is 0.433. The van der Waals surface area contributed by atoms with Gasteiger partial charge in [0.1, 0.15) is 11.4 Å². The van der Waals surface area contributed by atoms with Crippen molar-refractivity contribution in [2.75, 3.05) is 12.8 Å². The maximum Gasteiger partial charge on any atom is 0.194 e. The second-order valence-corrected chi connectivity index (χ2v) is 5.97. The first kappa shape index (κ1) is 15.9. The summed E-state index contributed by atoms with van der Waals surface area (Å²) in [7, 11) is 1.58. The number of rotatable bonds is 4. The third-order valence-electron chi connectivity index (χ3n) is 4.34. The fraction of sp³-hybridized carbons (Fsp3) is 0.0476. The van der Waals surface area contributed by atoms with Crippen LogP contribution in [0.2, 0.25) is 0 Å². The summed E-state index contributed by atoms with van der Waals surface area (Å²) >= 11 is 0. The van der Waals surface area contributed by atoms with Gasteiger partial charge in [0.2, 0.25) is 0 Å². The van der Waals surface area contributed by atoms with Crippen molar-refractivity contribution in [3.8, 4) is 16.9 Å². The molecule has 2 aromatic carbocycles. The molecule has 5 nitrogen and oxygen atoms in total. The number of aromatic nitrogens is 2. The molecule has 26 heavy (non-hydrogen) atoms. The molecule has 128 valence electrons. The van der Waals surface area contributed by atoms with Crippen LogP contribution in [0.3, 0.4) is 0 Å². The maximum absolute atomic E-state index is 13.4. The van der Waals surface area contributed by atoms with Crippen LogP contribution < -0.4 is 10.5 Å². The molecule has 2 aromatic heterocycles. The third-order valence-corrected chi connectivity index (χ3v) is 4.34. The summed E-state index contributed by atoms with van der Waals surface area (Å²) in [6.07, 6.45) is 3.49. The number of anilines is 1. The number of carbonyl (C=O) groups is 1. The van der Waals surface area contributed by atoms with Crippen molar-refractivity contribution >= 4 is 22.5 Å². The van der Waals surface area contributed by atoms with Crippen molar-refractivity contribution in [2.24, 2.45) is 0 Å². The number of nitrogens with two attached hydrogens (primary N) is 1. The van der Waals surface area contributed by atoms with E-state index in [0.29, 0.717) is 28.2 Å². The molecule has 0 saturated heterocycles. The minimum absolute atomic E-state index is 0.0895. The molecule has 0 fully saturated rings. The highest BCUT2D eigenvalue weighted by molar-refractivity contribution is 6.19. The Balaban J connectivity index is 1.96. The van der Waals surface area contributed by atoms with Gasteiger partial charge in [0.25, 0.3) is 0 Å². The molecule has 0 spiro atoms. The molecule has 0 unspecified atom stereocenters. The molecule has 0 aliphatic heterocycles. The number of pyridine rings is 1. The molecule has 3 N–H and O–H groups in total. The van der Waals surface area contributed by atoms with Crippen LogP contribution in [0, 0.1) is 0 Å². The molecular formula is C21H17N3O2. The average molecular weight is 343 g/mol. The Labute approximate surface area is 150 Å². The fourth-order valence-electron chi connectivity index (χ4n) is 3.09. The fourth-order valence-corrected chi connectivity index (χ4v) is 3.09. The molecule has 4 aromatic rings. The first-order chi connectivity index (χ1) is 12.7. The van der Waals surface area contributed by atoms with E-state index in [2.05, 4.69) is 9.97 Å². The molecule has 2 heterocycles. The number of ketones is 1. The molecule has 5 heteroatoms. The Morgan fingerprint density at radius 3 is 2.77 bits per heavy atom. The lowest BCUT2D eigenvalue weighted by Gasteiger charge is -2.11. The largest absolute Gasteiger partial charge is 0.497 e. The van der Waals surface area contributed by atoms with E-state index in [4.69, 9.17) is 10.5 Å². The molecule has 4 rings (SSSR count). The minimum Gasteiger partial charge on any atom is -0.497 e. The number of hydrogen-bond acceptors (Lipinski definition) is 4. The Morgan fingerprint density at radius 2 is 1.96 bits per heavy atom. The van der Waals surface area contributed by atoms with Crippen LogP contribution in [-0.2, 0) is 0 Å². The monoisotopic (exact) mass is 343 g/mol. The van der Waals surface area contributed by atoms with Crippen LogP contribution in [0.4, 0.5) is 5.69 Å². The van der Waals surface area contributed by atoms with Gasteiger partial charge in [-0.3, -0.25) is 4.79 Å². The van der Waals surface area contributed by atoms with E-state index in [0.717, 1.165) is 16.5 Å². The van der Waals surface area contributed by atoms with E-state index in [1.165, 1.54) is 0 Å². The van der Waals surface area contributed by atoms with Gasteiger partial charge in [-0.1, -0.05) is 24.3 Å². The number of nitrogens with zero attached hydrogens (tertiary/aromatic N) is 1. The summed E-state index contributed by atoms with van der Waals surface area (Å²) in [6, 6.07) is 16.5. The van der Waals surface area contributed by atoms with Gasteiger partial charge >= 0.3 is 0 Å². The number of methoxy groups -OCH3 is 1. The zero-order valence-electron chi connectivity index (χ0n) is 14.2. The lowest BCUT2D eigenvalue weighted by Crippen LogP contribution is -2.05. The summed E-state index contributed by atoms with van der Waals surface area (Å²) < 4.78 is 5.26. The summed E-state index contributed by atoms with van der Waals surface area (Å²) in [4.78, 5) is 20.9. The number of benzene rings is 2. The van der Waals surface area contributed by atoms with Crippen molar-refractivity contribution in [3.63, 3.8) is 0 Å². The van der Waals surface area contributed by atoms with Gasteiger partial charge in [-0.05, 0) is 35.9 Å². The first-order valence-electron chi connectivity index (χ1n) is 8.18. The van der Waals surface area contributed by atoms with Crippen LogP contribution in [0.5, 0.6) is 5.75 Å². The van der Waals surface area contributed by atoms with E-state index in [-0.39, 0.29) is 5.78 Å². The van der Waals surface area contributed by atoms with E-state index in [1.54, 1.807) is 31.6 Å². The van der Waals surface area contributed by atoms with Crippen molar-refractivity contribution in [1.29, 1.82) is 0 Å². The number of nitrogen functional groups attached to an aromatic ring is 1. The van der Waals surface area contributed by atoms with Crippen LogP contribution in [0.15, 0.2) is 67.0 Å². The Morgan fingerprint density at radius 1 is 1.12 bits per heavy atom. The number of carbonyl (C=O) groups excluding carboxylic acids is 1. The van der Waals surface area contributed by atoms with E-state index < -0.39 is 0 Å². The normalized spacial score (nSPS) is 10.8. The molecule has 0 atom stereocenters. The minimum atomic E-state index is -0.0895. The van der Waals surface area contributed by atoms with Crippen LogP contribution in [-0.4, -0.2) is 22.9 Å². The van der Waals surface area contributed by atoms with Gasteiger partial charge in [0.05, 0.1) is 7.11 Å². The maximum atomic E-state index is 13.4. The predicted octanol–water partition coefficient (Wildman–Crippen LogP) is 4.05. The van der Waals surface area contributed by atoms with Gasteiger partial charge in [0.15, 0.2) is 5.78 Å². The summed E-state index contributed by atoms with van der Waals surface area (Å²) in [6.45, 7) is 0. The van der Waals surface area contributed by atoms with Crippen LogP contribution in [0.1, 0.15) is 15.9 Å². The predicted molar refractivity (Wildman–Crippen MR) is 102 cm³/mol. The standard InChI is InChI=1S/C21H17N3O2/c1-26-16-7-3-5-14(11-16)20(25)19-17-8-9-23-21(17)24-12-18(19)13-4-2-6-15(22)10-13/h2-12H,22H2,1H3,(H,23,24). The molecular weight excluding hydrogens is 326 g/mol. The van der Waals surface area contributed by atoms with E-state index >= 15 is 0 Å². The Kier molecular flexibility index (Phi) is 3.89. The molecule has 0 bridgehead atoms. The molecule has 0 radical (unpaired) electrons. The SMILES string of the molecule is COc1cccc(C(=O)c2c(-c3cccc(N)c3)cnc3[nH]ccc23)c1. The number of ether oxygens (including phenoxy) is 1. The highest BCUT2D eigenvalue weighted by Crippen LogP contribution is 2.32. The van der Waals surface area contributed by atoms with Crippen molar-refractivity contribution in [1.82, 2.24) is 9.97 Å². The topological polar surface area (TPSA) is 81.0 Å². The summed E-state index contributed by atoms with van der Waals surface area (Å²) in [5.74, 6) is 0.550. The summed E-state index contributed by atoms with van der Waals surface area (Å²) in [5.41, 5.74) is 9.99. The second-order valence-electron chi connectivity index (χ2n) is 5.97. The van der Waals surface area contributed by atoms with Gasteiger partial charge in [-0.25, -0.2) is 4.98 Å². The van der Waals surface area contributed by atoms with Gasteiger partial charge in [-0.2, -0.15) is 0 Å². The third kappa shape index (κ3) is 2.69. The summed E-state index contributed by atoms with van der Waals surface area (Å²) in [5, 5.41) is 0.776. The zero-order valence-corrected chi connectivity index (χ0v) is 14.2. The lowest BCUT2D eigenvalue weighted by atomic mass is 9.93. The Bertz CT molecular complexity index is 1120. The van der Waals surface area contributed by atoms with Crippen LogP contribution >= 0.6 is 0 Å². The van der Waals surface area contributed by atoms with Crippen molar-refractivity contribution in [3.05, 3.63) is 78.1 Å². The van der Waals surface area contributed by atoms with Gasteiger partial charge < -0.3 is 15.5 Å². The van der Waals surface area contributed by atoms with Crippen LogP contribution in [0.25, 0.3) is 22.2 Å². The number of H-pyrrole nitrogens is 1. The van der Waals surface area contributed by atoms with Crippen molar-refractivity contribution in [2.45, 2.75) is 0 Å². The lowest BCUT2D eigenvalue weighted by molar-refractivity contribution is 0.104. The van der Waals surface area contributed by atoms with Gasteiger partial charge in [0, 0.05) is 40.2 Å². The molecule has 0 aliphatic rings. The van der Waals surface area contributed by atoms with Gasteiger partial charge in [-0.15, -0.1) is 0 Å². The van der Waals surface area contributed by atoms with E-state index in [1.807, 2.05) is 42.5 Å². The smallest absolute Gasteiger partial charge is 0.194 e. The van der Waals surface area contributed by atoms with E-state index in [9.17, 15) is 4.79 Å². The molecule has 0 saturated carbocycles. The number of fused-ring (bicyclic) bond motifs is 1. The number of hydrogen-bond donors (Lipinski definition) is 2. The highest BCUT2D eigenvalue weighted by Gasteiger charge is 2.20. The second kappa shape index (κ2) is 6.37. The molecule has 0 aliphatic carbocycles.